The normalized spacial score (nSPS) is 9.06. The zero-order valence-corrected chi connectivity index (χ0v) is 9.14. The predicted octanol–water partition coefficient (Wildman–Crippen LogP) is 1.65. The first kappa shape index (κ1) is 11.9. The Morgan fingerprint density at radius 3 is 2.44 bits per heavy atom. The van der Waals surface area contributed by atoms with Crippen molar-refractivity contribution in [2.75, 3.05) is 20.7 Å². The van der Waals surface area contributed by atoms with Gasteiger partial charge in [-0.3, -0.25) is 4.90 Å². The highest BCUT2D eigenvalue weighted by atomic mass is 16.6. The number of rotatable bonds is 3. The van der Waals surface area contributed by atoms with Crippen molar-refractivity contribution in [1.29, 1.82) is 5.26 Å². The predicted molar refractivity (Wildman–Crippen MR) is 57.3 cm³/mol. The third kappa shape index (κ3) is 3.17. The molecule has 0 saturated carbocycles. The molecule has 0 aliphatic heterocycles. The largest absolute Gasteiger partial charge is 0.497 e. The summed E-state index contributed by atoms with van der Waals surface area (Å²) in [6.07, 6.45) is -0.563. The van der Waals surface area contributed by atoms with Gasteiger partial charge in [0.15, 0.2) is 0 Å². The first-order chi connectivity index (χ1) is 7.67. The van der Waals surface area contributed by atoms with E-state index in [-0.39, 0.29) is 6.54 Å². The van der Waals surface area contributed by atoms with E-state index in [4.69, 9.17) is 14.7 Å². The van der Waals surface area contributed by atoms with Crippen LogP contribution < -0.4 is 9.47 Å². The lowest BCUT2D eigenvalue weighted by molar-refractivity contribution is 0.168. The molecule has 16 heavy (non-hydrogen) atoms. The van der Waals surface area contributed by atoms with Gasteiger partial charge in [-0.25, -0.2) is 4.79 Å². The second-order valence-corrected chi connectivity index (χ2v) is 3.06. The SMILES string of the molecule is COc1ccc(OC(=O)N(C)CC#N)cc1. The first-order valence-corrected chi connectivity index (χ1v) is 4.61. The molecule has 0 aliphatic rings. The average Bonchev–Trinajstić information content (AvgIpc) is 2.30. The standard InChI is InChI=1S/C11H12N2O3/c1-13(8-7-12)11(14)16-10-5-3-9(15-2)4-6-10/h3-6H,8H2,1-2H3. The number of ether oxygens (including phenoxy) is 2. The Morgan fingerprint density at radius 2 is 1.94 bits per heavy atom. The van der Waals surface area contributed by atoms with Crippen LogP contribution in [0.4, 0.5) is 4.79 Å². The Kier molecular flexibility index (Phi) is 4.16. The molecule has 1 rings (SSSR count). The highest BCUT2D eigenvalue weighted by Crippen LogP contribution is 2.17. The van der Waals surface area contributed by atoms with Gasteiger partial charge in [0.2, 0.25) is 0 Å². The van der Waals surface area contributed by atoms with Gasteiger partial charge in [0.05, 0.1) is 13.2 Å². The monoisotopic (exact) mass is 220 g/mol. The number of hydrogen-bond acceptors (Lipinski definition) is 4. The molecule has 1 aromatic carbocycles. The zero-order valence-electron chi connectivity index (χ0n) is 9.14. The molecule has 0 fully saturated rings. The fourth-order valence-electron chi connectivity index (χ4n) is 0.993. The van der Waals surface area contributed by atoms with Crippen LogP contribution in [0, 0.1) is 11.3 Å². The minimum atomic E-state index is -0.563. The Hall–Kier alpha value is -2.22. The molecular weight excluding hydrogens is 208 g/mol. The van der Waals surface area contributed by atoms with Crippen LogP contribution in [0.5, 0.6) is 11.5 Å². The maximum absolute atomic E-state index is 11.4. The van der Waals surface area contributed by atoms with Crippen LogP contribution in [-0.4, -0.2) is 31.7 Å². The summed E-state index contributed by atoms with van der Waals surface area (Å²) in [5.74, 6) is 1.10. The Balaban J connectivity index is 2.59. The van der Waals surface area contributed by atoms with Crippen molar-refractivity contribution in [2.45, 2.75) is 0 Å². The van der Waals surface area contributed by atoms with Gasteiger partial charge >= 0.3 is 6.09 Å². The van der Waals surface area contributed by atoms with E-state index in [0.717, 1.165) is 0 Å². The highest BCUT2D eigenvalue weighted by molar-refractivity contribution is 5.70. The minimum absolute atomic E-state index is 0.00497. The van der Waals surface area contributed by atoms with Gasteiger partial charge in [-0.2, -0.15) is 5.26 Å². The molecule has 1 aromatic rings. The van der Waals surface area contributed by atoms with Crippen LogP contribution in [0.3, 0.4) is 0 Å². The van der Waals surface area contributed by atoms with E-state index in [2.05, 4.69) is 0 Å². The molecule has 0 heterocycles. The second-order valence-electron chi connectivity index (χ2n) is 3.06. The molecule has 0 aromatic heterocycles. The molecule has 0 atom stereocenters. The third-order valence-electron chi connectivity index (χ3n) is 1.88. The summed E-state index contributed by atoms with van der Waals surface area (Å²) >= 11 is 0. The van der Waals surface area contributed by atoms with Crippen molar-refractivity contribution in [2.24, 2.45) is 0 Å². The third-order valence-corrected chi connectivity index (χ3v) is 1.88. The lowest BCUT2D eigenvalue weighted by Gasteiger charge is -2.12. The van der Waals surface area contributed by atoms with E-state index in [9.17, 15) is 4.79 Å². The van der Waals surface area contributed by atoms with Crippen LogP contribution in [0.2, 0.25) is 0 Å². The van der Waals surface area contributed by atoms with Gasteiger partial charge in [-0.15, -0.1) is 0 Å². The van der Waals surface area contributed by atoms with Gasteiger partial charge in [-0.05, 0) is 24.3 Å². The van der Waals surface area contributed by atoms with E-state index >= 15 is 0 Å². The van der Waals surface area contributed by atoms with Crippen molar-refractivity contribution in [3.8, 4) is 17.6 Å². The van der Waals surface area contributed by atoms with Gasteiger partial charge < -0.3 is 9.47 Å². The highest BCUT2D eigenvalue weighted by Gasteiger charge is 2.10. The fourth-order valence-corrected chi connectivity index (χ4v) is 0.993. The molecule has 0 unspecified atom stereocenters. The molecule has 1 amide bonds. The number of hydrogen-bond donors (Lipinski definition) is 0. The average molecular weight is 220 g/mol. The molecule has 0 radical (unpaired) electrons. The van der Waals surface area contributed by atoms with Crippen LogP contribution in [-0.2, 0) is 0 Å². The van der Waals surface area contributed by atoms with Crippen LogP contribution in [0.1, 0.15) is 0 Å². The Morgan fingerprint density at radius 1 is 1.38 bits per heavy atom. The molecule has 84 valence electrons. The summed E-state index contributed by atoms with van der Waals surface area (Å²) in [6, 6.07) is 8.48. The van der Waals surface area contributed by atoms with Gasteiger partial charge in [0.1, 0.15) is 18.0 Å². The van der Waals surface area contributed by atoms with Crippen molar-refractivity contribution >= 4 is 6.09 Å². The summed E-state index contributed by atoms with van der Waals surface area (Å²) < 4.78 is 9.97. The van der Waals surface area contributed by atoms with Crippen LogP contribution in [0.15, 0.2) is 24.3 Å². The van der Waals surface area contributed by atoms with Crippen molar-refractivity contribution in [3.63, 3.8) is 0 Å². The summed E-state index contributed by atoms with van der Waals surface area (Å²) in [6.45, 7) is -0.00497. The van der Waals surface area contributed by atoms with Gasteiger partial charge in [0.25, 0.3) is 0 Å². The lowest BCUT2D eigenvalue weighted by Crippen LogP contribution is -2.29. The summed E-state index contributed by atoms with van der Waals surface area (Å²) in [4.78, 5) is 12.6. The van der Waals surface area contributed by atoms with Crippen molar-refractivity contribution in [3.05, 3.63) is 24.3 Å². The summed E-state index contributed by atoms with van der Waals surface area (Å²) in [5.41, 5.74) is 0. The number of carbonyl (C=O) groups is 1. The summed E-state index contributed by atoms with van der Waals surface area (Å²) in [7, 11) is 3.05. The Bertz CT molecular complexity index is 395. The molecular formula is C11H12N2O3. The Labute approximate surface area is 93.8 Å². The number of nitriles is 1. The van der Waals surface area contributed by atoms with E-state index in [1.807, 2.05) is 6.07 Å². The number of amides is 1. The van der Waals surface area contributed by atoms with E-state index < -0.39 is 6.09 Å². The maximum Gasteiger partial charge on any atom is 0.415 e. The molecule has 0 N–H and O–H groups in total. The zero-order chi connectivity index (χ0) is 12.0. The van der Waals surface area contributed by atoms with E-state index in [1.54, 1.807) is 31.4 Å². The summed E-state index contributed by atoms with van der Waals surface area (Å²) in [5, 5.41) is 8.40. The molecule has 0 bridgehead atoms. The van der Waals surface area contributed by atoms with E-state index in [0.29, 0.717) is 11.5 Å². The number of benzene rings is 1. The van der Waals surface area contributed by atoms with Crippen LogP contribution >= 0.6 is 0 Å². The topological polar surface area (TPSA) is 62.6 Å². The van der Waals surface area contributed by atoms with Gasteiger partial charge in [-0.1, -0.05) is 0 Å². The van der Waals surface area contributed by atoms with Crippen molar-refractivity contribution in [1.82, 2.24) is 4.90 Å². The molecule has 0 aliphatic carbocycles. The smallest absolute Gasteiger partial charge is 0.415 e. The molecule has 0 saturated heterocycles. The first-order valence-electron chi connectivity index (χ1n) is 4.61. The molecule has 5 nitrogen and oxygen atoms in total. The van der Waals surface area contributed by atoms with E-state index in [1.165, 1.54) is 11.9 Å². The minimum Gasteiger partial charge on any atom is -0.497 e. The number of methoxy groups -OCH3 is 1. The van der Waals surface area contributed by atoms with Gasteiger partial charge in [0, 0.05) is 7.05 Å². The number of carbonyl (C=O) groups excluding carboxylic acids is 1. The lowest BCUT2D eigenvalue weighted by atomic mass is 10.3. The quantitative estimate of drug-likeness (QED) is 0.726. The fraction of sp³-hybridized carbons (Fsp3) is 0.273. The molecule has 5 heteroatoms. The number of nitrogens with zero attached hydrogens (tertiary/aromatic N) is 2. The molecule has 0 spiro atoms. The second kappa shape index (κ2) is 5.61. The van der Waals surface area contributed by atoms with Crippen molar-refractivity contribution < 1.29 is 14.3 Å². The van der Waals surface area contributed by atoms with Crippen LogP contribution in [0.25, 0.3) is 0 Å². The maximum atomic E-state index is 11.4.